The van der Waals surface area contributed by atoms with Crippen LogP contribution in [0.3, 0.4) is 0 Å². The molecule has 1 aromatic rings. The molecule has 2 atom stereocenters. The number of thiazole rings is 1. The summed E-state index contributed by atoms with van der Waals surface area (Å²) in [6.45, 7) is 5.70. The number of piperidine rings is 1. The lowest BCUT2D eigenvalue weighted by Gasteiger charge is -2.34. The van der Waals surface area contributed by atoms with Gasteiger partial charge in [0, 0.05) is 30.1 Å². The van der Waals surface area contributed by atoms with Gasteiger partial charge in [-0.3, -0.25) is 0 Å². The van der Waals surface area contributed by atoms with E-state index in [-0.39, 0.29) is 18.1 Å². The van der Waals surface area contributed by atoms with Crippen molar-refractivity contribution >= 4 is 17.4 Å². The predicted octanol–water partition coefficient (Wildman–Crippen LogP) is 1.75. The molecular formula is C13H21N3O2S. The van der Waals surface area contributed by atoms with Gasteiger partial charge in [-0.2, -0.15) is 0 Å². The molecule has 5 nitrogen and oxygen atoms in total. The van der Waals surface area contributed by atoms with Crippen molar-refractivity contribution in [3.05, 3.63) is 16.1 Å². The Morgan fingerprint density at radius 1 is 1.74 bits per heavy atom. The predicted molar refractivity (Wildman–Crippen MR) is 75.1 cm³/mol. The van der Waals surface area contributed by atoms with Crippen LogP contribution in [-0.4, -0.2) is 40.2 Å². The van der Waals surface area contributed by atoms with Crippen LogP contribution < -0.4 is 5.32 Å². The van der Waals surface area contributed by atoms with Crippen molar-refractivity contribution in [3.8, 4) is 0 Å². The van der Waals surface area contributed by atoms with Gasteiger partial charge in [-0.1, -0.05) is 0 Å². The van der Waals surface area contributed by atoms with Gasteiger partial charge in [-0.25, -0.2) is 9.78 Å². The number of amides is 2. The van der Waals surface area contributed by atoms with Gasteiger partial charge in [0.05, 0.1) is 17.7 Å². The number of nitrogens with zero attached hydrogens (tertiary/aromatic N) is 2. The number of aliphatic hydroxyl groups excluding tert-OH is 1. The molecule has 6 heteroatoms. The van der Waals surface area contributed by atoms with Crippen molar-refractivity contribution in [3.63, 3.8) is 0 Å². The molecule has 0 aliphatic carbocycles. The van der Waals surface area contributed by atoms with Crippen LogP contribution in [0.2, 0.25) is 0 Å². The molecule has 0 saturated carbocycles. The van der Waals surface area contributed by atoms with Crippen LogP contribution in [-0.2, 0) is 6.54 Å². The molecule has 2 heterocycles. The summed E-state index contributed by atoms with van der Waals surface area (Å²) in [4.78, 5) is 19.1. The van der Waals surface area contributed by atoms with Crippen molar-refractivity contribution in [2.75, 3.05) is 13.1 Å². The number of aromatic nitrogens is 1. The summed E-state index contributed by atoms with van der Waals surface area (Å²) in [6, 6.07) is -0.0450. The fourth-order valence-electron chi connectivity index (χ4n) is 2.35. The van der Waals surface area contributed by atoms with E-state index in [9.17, 15) is 9.90 Å². The van der Waals surface area contributed by atoms with E-state index in [1.54, 1.807) is 29.4 Å². The molecule has 1 aromatic heterocycles. The van der Waals surface area contributed by atoms with Crippen LogP contribution in [0.5, 0.6) is 0 Å². The minimum absolute atomic E-state index is 0.0450. The quantitative estimate of drug-likeness (QED) is 0.888. The molecule has 1 aliphatic heterocycles. The summed E-state index contributed by atoms with van der Waals surface area (Å²) < 4.78 is 0. The van der Waals surface area contributed by atoms with Crippen LogP contribution in [0.25, 0.3) is 0 Å². The average Bonchev–Trinajstić information content (AvgIpc) is 2.82. The maximum atomic E-state index is 12.1. The number of aryl methyl sites for hydroxylation is 1. The lowest BCUT2D eigenvalue weighted by molar-refractivity contribution is 0.0739. The third-order valence-corrected chi connectivity index (χ3v) is 4.42. The van der Waals surface area contributed by atoms with Crippen molar-refractivity contribution in [2.45, 2.75) is 39.3 Å². The summed E-state index contributed by atoms with van der Waals surface area (Å²) in [5.41, 5.74) is 0. The highest BCUT2D eigenvalue weighted by molar-refractivity contribution is 7.11. The minimum atomic E-state index is -0.347. The molecule has 106 valence electrons. The normalized spacial score (nSPS) is 21.2. The number of likely N-dealkylation sites (tertiary alicyclic amines) is 1. The first-order valence-corrected chi connectivity index (χ1v) is 7.50. The molecule has 2 unspecified atom stereocenters. The Bertz CT molecular complexity index is 433. The topological polar surface area (TPSA) is 65.5 Å². The van der Waals surface area contributed by atoms with E-state index in [4.69, 9.17) is 0 Å². The van der Waals surface area contributed by atoms with E-state index in [1.807, 2.05) is 6.92 Å². The first kappa shape index (κ1) is 14.3. The monoisotopic (exact) mass is 283 g/mol. The van der Waals surface area contributed by atoms with E-state index in [1.165, 1.54) is 0 Å². The molecule has 2 N–H and O–H groups in total. The van der Waals surface area contributed by atoms with Crippen molar-refractivity contribution in [2.24, 2.45) is 5.92 Å². The lowest BCUT2D eigenvalue weighted by atomic mass is 9.94. The van der Waals surface area contributed by atoms with Crippen LogP contribution in [0.15, 0.2) is 6.20 Å². The standard InChI is InChI=1S/C13H21N3O2S/c1-9(17)11-4-3-5-16(8-11)13(18)15-7-12-6-14-10(2)19-12/h6,9,11,17H,3-5,7-8H2,1-2H3,(H,15,18). The molecular weight excluding hydrogens is 262 g/mol. The Balaban J connectivity index is 1.82. The van der Waals surface area contributed by atoms with Gasteiger partial charge in [0.2, 0.25) is 0 Å². The molecule has 1 saturated heterocycles. The van der Waals surface area contributed by atoms with E-state index in [0.29, 0.717) is 13.1 Å². The van der Waals surface area contributed by atoms with E-state index in [0.717, 1.165) is 29.3 Å². The number of aliphatic hydroxyl groups is 1. The molecule has 0 bridgehead atoms. The minimum Gasteiger partial charge on any atom is -0.393 e. The second kappa shape index (κ2) is 6.34. The smallest absolute Gasteiger partial charge is 0.317 e. The summed E-state index contributed by atoms with van der Waals surface area (Å²) in [6.07, 6.45) is 3.41. The van der Waals surface area contributed by atoms with Gasteiger partial charge in [-0.15, -0.1) is 11.3 Å². The fourth-order valence-corrected chi connectivity index (χ4v) is 3.08. The highest BCUT2D eigenvalue weighted by Gasteiger charge is 2.26. The van der Waals surface area contributed by atoms with E-state index >= 15 is 0 Å². The molecule has 2 amide bonds. The summed E-state index contributed by atoms with van der Waals surface area (Å²) in [7, 11) is 0. The maximum absolute atomic E-state index is 12.1. The second-order valence-electron chi connectivity index (χ2n) is 5.09. The molecule has 2 rings (SSSR count). The van der Waals surface area contributed by atoms with E-state index in [2.05, 4.69) is 10.3 Å². The Hall–Kier alpha value is -1.14. The number of nitrogens with one attached hydrogen (secondary N) is 1. The van der Waals surface area contributed by atoms with Gasteiger partial charge in [0.15, 0.2) is 0 Å². The maximum Gasteiger partial charge on any atom is 0.317 e. The Labute approximate surface area is 117 Å². The van der Waals surface area contributed by atoms with Gasteiger partial charge in [0.1, 0.15) is 0 Å². The number of hydrogen-bond donors (Lipinski definition) is 2. The third kappa shape index (κ3) is 3.91. The highest BCUT2D eigenvalue weighted by atomic mass is 32.1. The van der Waals surface area contributed by atoms with Gasteiger partial charge < -0.3 is 15.3 Å². The second-order valence-corrected chi connectivity index (χ2v) is 6.41. The Morgan fingerprint density at radius 3 is 3.16 bits per heavy atom. The van der Waals surface area contributed by atoms with E-state index < -0.39 is 0 Å². The molecule has 19 heavy (non-hydrogen) atoms. The van der Waals surface area contributed by atoms with Crippen molar-refractivity contribution < 1.29 is 9.90 Å². The molecule has 0 aromatic carbocycles. The molecule has 0 spiro atoms. The van der Waals surface area contributed by atoms with Gasteiger partial charge in [0.25, 0.3) is 0 Å². The lowest BCUT2D eigenvalue weighted by Crippen LogP contribution is -2.47. The van der Waals surface area contributed by atoms with Crippen LogP contribution in [0.1, 0.15) is 29.7 Å². The first-order valence-electron chi connectivity index (χ1n) is 6.68. The largest absolute Gasteiger partial charge is 0.393 e. The zero-order valence-electron chi connectivity index (χ0n) is 11.4. The molecule has 1 aliphatic rings. The zero-order valence-corrected chi connectivity index (χ0v) is 12.2. The zero-order chi connectivity index (χ0) is 13.8. The summed E-state index contributed by atoms with van der Waals surface area (Å²) in [5, 5.41) is 13.6. The SMILES string of the molecule is Cc1ncc(CNC(=O)N2CCCC(C(C)O)C2)s1. The third-order valence-electron chi connectivity index (χ3n) is 3.51. The molecule has 1 fully saturated rings. The number of hydrogen-bond acceptors (Lipinski definition) is 4. The fraction of sp³-hybridized carbons (Fsp3) is 0.692. The number of carbonyl (C=O) groups is 1. The molecule has 0 radical (unpaired) electrons. The Morgan fingerprint density at radius 2 is 2.53 bits per heavy atom. The van der Waals surface area contributed by atoms with Gasteiger partial charge in [-0.05, 0) is 26.7 Å². The van der Waals surface area contributed by atoms with Crippen LogP contribution >= 0.6 is 11.3 Å². The Kier molecular flexibility index (Phi) is 4.76. The number of carbonyl (C=O) groups excluding carboxylic acids is 1. The summed E-state index contributed by atoms with van der Waals surface area (Å²) >= 11 is 1.60. The highest BCUT2D eigenvalue weighted by Crippen LogP contribution is 2.19. The van der Waals surface area contributed by atoms with Crippen molar-refractivity contribution in [1.29, 1.82) is 0 Å². The van der Waals surface area contributed by atoms with Gasteiger partial charge >= 0.3 is 6.03 Å². The van der Waals surface area contributed by atoms with Crippen LogP contribution in [0.4, 0.5) is 4.79 Å². The number of urea groups is 1. The first-order chi connectivity index (χ1) is 9.06. The van der Waals surface area contributed by atoms with Crippen LogP contribution in [0, 0.1) is 12.8 Å². The summed E-state index contributed by atoms with van der Waals surface area (Å²) in [5.74, 6) is 0.199. The van der Waals surface area contributed by atoms with Crippen molar-refractivity contribution in [1.82, 2.24) is 15.2 Å². The average molecular weight is 283 g/mol. The number of rotatable bonds is 3.